The lowest BCUT2D eigenvalue weighted by Gasteiger charge is -2.12. The van der Waals surface area contributed by atoms with Gasteiger partial charge in [-0.1, -0.05) is 79.7 Å². The van der Waals surface area contributed by atoms with Gasteiger partial charge in [-0.2, -0.15) is 0 Å². The van der Waals surface area contributed by atoms with Crippen LogP contribution in [0.4, 0.5) is 5.69 Å². The summed E-state index contributed by atoms with van der Waals surface area (Å²) in [5.41, 5.74) is 5.32. The highest BCUT2D eigenvalue weighted by Crippen LogP contribution is 2.28. The van der Waals surface area contributed by atoms with E-state index in [9.17, 15) is 13.2 Å². The summed E-state index contributed by atoms with van der Waals surface area (Å²) in [6, 6.07) is 30.0. The van der Waals surface area contributed by atoms with Crippen molar-refractivity contribution >= 4 is 33.0 Å². The van der Waals surface area contributed by atoms with Crippen molar-refractivity contribution in [3.05, 3.63) is 114 Å². The normalized spacial score (nSPS) is 11.5. The minimum Gasteiger partial charge on any atom is -0.323 e. The van der Waals surface area contributed by atoms with Crippen molar-refractivity contribution in [2.45, 2.75) is 31.2 Å². The van der Waals surface area contributed by atoms with Gasteiger partial charge in [-0.25, -0.2) is 13.4 Å². The summed E-state index contributed by atoms with van der Waals surface area (Å²) in [6.45, 7) is 2.63. The number of hydrogen-bond acceptors (Lipinski definition) is 4. The molecule has 7 heteroatoms. The first kappa shape index (κ1) is 24.5. The summed E-state index contributed by atoms with van der Waals surface area (Å²) in [7, 11) is -3.81. The van der Waals surface area contributed by atoms with Crippen molar-refractivity contribution in [3.8, 4) is 11.1 Å². The molecule has 1 heterocycles. The van der Waals surface area contributed by atoms with Gasteiger partial charge in [-0.3, -0.25) is 9.52 Å². The second-order valence-electron chi connectivity index (χ2n) is 8.90. The number of carbonyl (C=O) groups excluding carboxylic acids is 1. The van der Waals surface area contributed by atoms with Gasteiger partial charge in [0.25, 0.3) is 10.0 Å². The molecule has 0 saturated carbocycles. The van der Waals surface area contributed by atoms with Crippen LogP contribution in [-0.2, 0) is 23.0 Å². The molecule has 0 fully saturated rings. The summed E-state index contributed by atoms with van der Waals surface area (Å²) in [6.07, 6.45) is 2.35. The molecule has 0 aliphatic heterocycles. The van der Waals surface area contributed by atoms with E-state index in [0.29, 0.717) is 28.8 Å². The molecule has 186 valence electrons. The molecule has 0 saturated heterocycles. The lowest BCUT2D eigenvalue weighted by Crippen LogP contribution is -2.13. The van der Waals surface area contributed by atoms with E-state index in [-0.39, 0.29) is 4.90 Å². The number of benzene rings is 4. The predicted octanol–water partition coefficient (Wildman–Crippen LogP) is 6.32. The Labute approximate surface area is 216 Å². The third-order valence-electron chi connectivity index (χ3n) is 6.27. The van der Waals surface area contributed by atoms with Crippen LogP contribution < -0.4 is 4.72 Å². The first-order valence-corrected chi connectivity index (χ1v) is 13.7. The number of nitrogens with zero attached hydrogens (tertiary/aromatic N) is 2. The van der Waals surface area contributed by atoms with Gasteiger partial charge in [-0.15, -0.1) is 0 Å². The van der Waals surface area contributed by atoms with Gasteiger partial charge in [0.15, 0.2) is 6.29 Å². The smallest absolute Gasteiger partial charge is 0.261 e. The van der Waals surface area contributed by atoms with Crippen molar-refractivity contribution in [2.75, 3.05) is 4.72 Å². The number of carbonyl (C=O) groups is 1. The lowest BCUT2D eigenvalue weighted by molar-refractivity contribution is 0.112. The molecule has 0 unspecified atom stereocenters. The fraction of sp³-hybridized carbons (Fsp3) is 0.133. The maximum Gasteiger partial charge on any atom is 0.261 e. The average molecular weight is 510 g/mol. The zero-order chi connectivity index (χ0) is 25.8. The molecule has 0 atom stereocenters. The number of anilines is 1. The highest BCUT2D eigenvalue weighted by molar-refractivity contribution is 7.92. The number of aryl methyl sites for hydroxylation is 1. The van der Waals surface area contributed by atoms with Crippen LogP contribution in [-0.4, -0.2) is 24.3 Å². The largest absolute Gasteiger partial charge is 0.323 e. The van der Waals surface area contributed by atoms with E-state index in [1.807, 2.05) is 18.2 Å². The van der Waals surface area contributed by atoms with E-state index in [4.69, 9.17) is 4.98 Å². The van der Waals surface area contributed by atoms with Gasteiger partial charge in [0.05, 0.1) is 21.6 Å². The topological polar surface area (TPSA) is 81.1 Å². The second kappa shape index (κ2) is 10.4. The van der Waals surface area contributed by atoms with E-state index in [1.165, 1.54) is 18.2 Å². The Hall–Kier alpha value is -4.23. The number of hydrogen-bond donors (Lipinski definition) is 1. The molecule has 5 rings (SSSR count). The van der Waals surface area contributed by atoms with E-state index in [1.54, 1.807) is 24.3 Å². The maximum absolute atomic E-state index is 12.9. The SMILES string of the molecule is CCCc1nc2c(C=O)cc(NS(=O)(=O)c3ccccc3)cc2n1Cc1ccc(-c2ccccc2)cc1. The average Bonchev–Trinajstić information content (AvgIpc) is 3.26. The van der Waals surface area contributed by atoms with Gasteiger partial charge < -0.3 is 4.57 Å². The van der Waals surface area contributed by atoms with Crippen molar-refractivity contribution in [3.63, 3.8) is 0 Å². The molecule has 0 amide bonds. The number of fused-ring (bicyclic) bond motifs is 1. The quantitative estimate of drug-likeness (QED) is 0.236. The van der Waals surface area contributed by atoms with Crippen molar-refractivity contribution in [1.82, 2.24) is 9.55 Å². The highest BCUT2D eigenvalue weighted by atomic mass is 32.2. The molecule has 0 radical (unpaired) electrons. The fourth-order valence-corrected chi connectivity index (χ4v) is 5.53. The van der Waals surface area contributed by atoms with Gasteiger partial charge in [0, 0.05) is 18.5 Å². The zero-order valence-corrected chi connectivity index (χ0v) is 21.3. The Kier molecular flexibility index (Phi) is 6.88. The Morgan fingerprint density at radius 2 is 1.51 bits per heavy atom. The molecule has 37 heavy (non-hydrogen) atoms. The van der Waals surface area contributed by atoms with Crippen LogP contribution in [0.1, 0.15) is 35.1 Å². The summed E-state index contributed by atoms with van der Waals surface area (Å²) in [4.78, 5) is 16.9. The molecule has 0 aliphatic carbocycles. The number of aldehydes is 1. The molecule has 6 nitrogen and oxygen atoms in total. The summed E-state index contributed by atoms with van der Waals surface area (Å²) < 4.78 is 30.6. The van der Waals surface area contributed by atoms with Crippen LogP contribution in [0, 0.1) is 0 Å². The van der Waals surface area contributed by atoms with Crippen LogP contribution in [0.3, 0.4) is 0 Å². The van der Waals surface area contributed by atoms with Gasteiger partial charge in [-0.05, 0) is 47.4 Å². The van der Waals surface area contributed by atoms with Crippen LogP contribution in [0.25, 0.3) is 22.2 Å². The fourth-order valence-electron chi connectivity index (χ4n) is 4.47. The minimum atomic E-state index is -3.81. The standard InChI is InChI=1S/C30H27N3O3S/c1-2-9-29-31-30-25(21-34)18-26(32-37(35,36)27-12-7-4-8-13-27)19-28(30)33(29)20-22-14-16-24(17-15-22)23-10-5-3-6-11-23/h3-8,10-19,21,32H,2,9,20H2,1H3. The predicted molar refractivity (Wildman–Crippen MR) is 147 cm³/mol. The van der Waals surface area contributed by atoms with Crippen molar-refractivity contribution < 1.29 is 13.2 Å². The van der Waals surface area contributed by atoms with E-state index < -0.39 is 10.0 Å². The van der Waals surface area contributed by atoms with Crippen LogP contribution in [0.15, 0.2) is 102 Å². The molecule has 1 N–H and O–H groups in total. The zero-order valence-electron chi connectivity index (χ0n) is 20.5. The molecule has 1 aromatic heterocycles. The number of nitrogens with one attached hydrogen (secondary N) is 1. The van der Waals surface area contributed by atoms with E-state index in [2.05, 4.69) is 52.6 Å². The third kappa shape index (κ3) is 5.17. The van der Waals surface area contributed by atoms with Gasteiger partial charge >= 0.3 is 0 Å². The summed E-state index contributed by atoms with van der Waals surface area (Å²) in [5.74, 6) is 0.857. The molecular weight excluding hydrogens is 482 g/mol. The Morgan fingerprint density at radius 1 is 0.865 bits per heavy atom. The molecule has 0 aliphatic rings. The lowest BCUT2D eigenvalue weighted by atomic mass is 10.0. The van der Waals surface area contributed by atoms with Gasteiger partial charge in [0.2, 0.25) is 0 Å². The molecule has 5 aromatic rings. The molecule has 0 spiro atoms. The Balaban J connectivity index is 1.54. The van der Waals surface area contributed by atoms with Crippen LogP contribution >= 0.6 is 0 Å². The minimum absolute atomic E-state index is 0.154. The first-order chi connectivity index (χ1) is 18.0. The Bertz CT molecular complexity index is 1640. The summed E-state index contributed by atoms with van der Waals surface area (Å²) >= 11 is 0. The van der Waals surface area contributed by atoms with Crippen molar-refractivity contribution in [2.24, 2.45) is 0 Å². The number of imidazole rings is 1. The third-order valence-corrected chi connectivity index (χ3v) is 7.67. The second-order valence-corrected chi connectivity index (χ2v) is 10.6. The van der Waals surface area contributed by atoms with E-state index >= 15 is 0 Å². The first-order valence-electron chi connectivity index (χ1n) is 12.2. The molecule has 4 aromatic carbocycles. The van der Waals surface area contributed by atoms with Gasteiger partial charge in [0.1, 0.15) is 5.82 Å². The number of aromatic nitrogens is 2. The van der Waals surface area contributed by atoms with Crippen LogP contribution in [0.5, 0.6) is 0 Å². The van der Waals surface area contributed by atoms with Crippen molar-refractivity contribution in [1.29, 1.82) is 0 Å². The van der Waals surface area contributed by atoms with Crippen LogP contribution in [0.2, 0.25) is 0 Å². The summed E-state index contributed by atoms with van der Waals surface area (Å²) in [5, 5.41) is 0. The molecule has 0 bridgehead atoms. The number of rotatable bonds is 9. The molecular formula is C30H27N3O3S. The monoisotopic (exact) mass is 509 g/mol. The van der Waals surface area contributed by atoms with E-state index in [0.717, 1.165) is 41.6 Å². The maximum atomic E-state index is 12.9. The number of sulfonamides is 1. The highest BCUT2D eigenvalue weighted by Gasteiger charge is 2.19. The Morgan fingerprint density at radius 3 is 2.16 bits per heavy atom.